The molecule has 0 saturated heterocycles. The summed E-state index contributed by atoms with van der Waals surface area (Å²) >= 11 is 0. The second-order valence-corrected chi connectivity index (χ2v) is 6.53. The number of aliphatic hydroxyl groups is 1. The zero-order valence-corrected chi connectivity index (χ0v) is 19.9. The van der Waals surface area contributed by atoms with Gasteiger partial charge in [-0.3, -0.25) is 9.59 Å². The average molecular weight is 491 g/mol. The van der Waals surface area contributed by atoms with Gasteiger partial charge in [0.05, 0.1) is 72.6 Å². The minimum absolute atomic E-state index is 0. The molecule has 0 aromatic rings. The van der Waals surface area contributed by atoms with E-state index >= 15 is 0 Å². The van der Waals surface area contributed by atoms with Gasteiger partial charge < -0.3 is 39.4 Å². The van der Waals surface area contributed by atoms with Crippen LogP contribution in [0.15, 0.2) is 0 Å². The van der Waals surface area contributed by atoms with Gasteiger partial charge in [0.25, 0.3) is 0 Å². The van der Waals surface area contributed by atoms with Gasteiger partial charge >= 0.3 is 0 Å². The first kappa shape index (κ1) is 32.4. The molecule has 10 nitrogen and oxygen atoms in total. The van der Waals surface area contributed by atoms with E-state index < -0.39 is 18.7 Å². The number of ether oxygens (including phenoxy) is 5. The maximum Gasteiger partial charge on any atom is 0.245 e. The number of rotatable bonds is 21. The van der Waals surface area contributed by atoms with E-state index in [-0.39, 0.29) is 50.1 Å². The molecule has 0 aromatic carbocycles. The molecule has 0 aliphatic rings. The van der Waals surface area contributed by atoms with E-state index in [4.69, 9.17) is 28.8 Å². The van der Waals surface area contributed by atoms with Gasteiger partial charge in [0.2, 0.25) is 11.8 Å². The van der Waals surface area contributed by atoms with Crippen molar-refractivity contribution in [1.82, 2.24) is 10.6 Å². The smallest absolute Gasteiger partial charge is 0.245 e. The summed E-state index contributed by atoms with van der Waals surface area (Å²) in [6.07, 6.45) is -1.24. The topological polar surface area (TPSA) is 125 Å². The molecule has 0 fully saturated rings. The molecule has 2 amide bonds. The molecule has 1 unspecified atom stereocenters. The third kappa shape index (κ3) is 23.7. The van der Waals surface area contributed by atoms with E-state index in [1.807, 2.05) is 0 Å². The number of carbonyl (C=O) groups excluding carboxylic acids is 2. The molecule has 0 rings (SSSR count). The standard InChI is InChI=1S/C19H37FN2O8.V/c1-16(2)19(25)22-13-17(20)15-30-12-11-29-10-9-28-8-7-27-6-5-26-4-3-21-18(24)14-23;/h16-17,23H,3-15H2,1-2H3,(H,21,24)(H,22,25);. The summed E-state index contributed by atoms with van der Waals surface area (Å²) < 4.78 is 39.8. The van der Waals surface area contributed by atoms with Crippen LogP contribution in [0, 0.1) is 5.92 Å². The third-order valence-electron chi connectivity index (χ3n) is 3.52. The van der Waals surface area contributed by atoms with Crippen LogP contribution in [-0.4, -0.2) is 109 Å². The van der Waals surface area contributed by atoms with Crippen LogP contribution in [0.5, 0.6) is 0 Å². The zero-order chi connectivity index (χ0) is 22.5. The molecule has 12 heteroatoms. The normalized spacial score (nSPS) is 11.8. The number of halogens is 1. The maximum atomic E-state index is 13.5. The Kier molecular flexibility index (Phi) is 24.9. The van der Waals surface area contributed by atoms with Crippen LogP contribution >= 0.6 is 0 Å². The molecule has 0 bridgehead atoms. The van der Waals surface area contributed by atoms with Crippen LogP contribution in [0.3, 0.4) is 0 Å². The van der Waals surface area contributed by atoms with Gasteiger partial charge in [0.1, 0.15) is 12.8 Å². The Morgan fingerprint density at radius 3 is 1.71 bits per heavy atom. The van der Waals surface area contributed by atoms with Crippen molar-refractivity contribution in [2.24, 2.45) is 5.92 Å². The molecule has 31 heavy (non-hydrogen) atoms. The van der Waals surface area contributed by atoms with Crippen molar-refractivity contribution in [2.75, 3.05) is 85.8 Å². The molecule has 0 saturated carbocycles. The molecule has 0 spiro atoms. The zero-order valence-electron chi connectivity index (χ0n) is 18.5. The summed E-state index contributed by atoms with van der Waals surface area (Å²) in [6.45, 7) is 6.63. The summed E-state index contributed by atoms with van der Waals surface area (Å²) in [5.41, 5.74) is 0. The average Bonchev–Trinajstić information content (AvgIpc) is 2.73. The predicted octanol–water partition coefficient (Wildman–Crippen LogP) is -0.714. The van der Waals surface area contributed by atoms with Gasteiger partial charge in [0, 0.05) is 31.0 Å². The number of aliphatic hydroxyl groups excluding tert-OH is 1. The molecule has 0 heterocycles. The first-order valence-corrected chi connectivity index (χ1v) is 10.1. The fourth-order valence-corrected chi connectivity index (χ4v) is 1.88. The van der Waals surface area contributed by atoms with Crippen LogP contribution in [0.2, 0.25) is 0 Å². The Balaban J connectivity index is 0. The van der Waals surface area contributed by atoms with Crippen LogP contribution < -0.4 is 10.6 Å². The van der Waals surface area contributed by atoms with E-state index in [9.17, 15) is 14.0 Å². The minimum atomic E-state index is -1.24. The molecule has 1 atom stereocenters. The monoisotopic (exact) mass is 491 g/mol. The Hall–Kier alpha value is -0.786. The van der Waals surface area contributed by atoms with Crippen LogP contribution in [-0.2, 0) is 51.8 Å². The van der Waals surface area contributed by atoms with Crippen molar-refractivity contribution in [1.29, 1.82) is 0 Å². The quantitative estimate of drug-likeness (QED) is 0.180. The Morgan fingerprint density at radius 2 is 1.26 bits per heavy atom. The van der Waals surface area contributed by atoms with E-state index in [0.717, 1.165) is 0 Å². The van der Waals surface area contributed by atoms with E-state index in [1.54, 1.807) is 13.8 Å². The first-order valence-electron chi connectivity index (χ1n) is 10.1. The molecule has 0 aliphatic heterocycles. The van der Waals surface area contributed by atoms with Crippen molar-refractivity contribution in [3.8, 4) is 0 Å². The summed E-state index contributed by atoms with van der Waals surface area (Å²) in [7, 11) is 0. The maximum absolute atomic E-state index is 13.5. The molecular formula is C19H37FN2O8V. The van der Waals surface area contributed by atoms with Gasteiger partial charge in [-0.15, -0.1) is 0 Å². The first-order chi connectivity index (χ1) is 14.5. The van der Waals surface area contributed by atoms with Crippen molar-refractivity contribution in [3.05, 3.63) is 0 Å². The van der Waals surface area contributed by atoms with E-state index in [2.05, 4.69) is 10.6 Å². The van der Waals surface area contributed by atoms with Crippen LogP contribution in [0.25, 0.3) is 0 Å². The van der Waals surface area contributed by atoms with Crippen molar-refractivity contribution in [2.45, 2.75) is 20.0 Å². The summed E-state index contributed by atoms with van der Waals surface area (Å²) in [5.74, 6) is -0.777. The SMILES string of the molecule is CC(C)C(=O)NCC(F)COCCOCCOCCOCCOCCNC(=O)CO.[V]. The number of hydrogen-bond donors (Lipinski definition) is 3. The third-order valence-corrected chi connectivity index (χ3v) is 3.52. The van der Waals surface area contributed by atoms with Crippen molar-refractivity contribution in [3.63, 3.8) is 0 Å². The predicted molar refractivity (Wildman–Crippen MR) is 107 cm³/mol. The van der Waals surface area contributed by atoms with Gasteiger partial charge in [-0.1, -0.05) is 13.8 Å². The van der Waals surface area contributed by atoms with Gasteiger partial charge in [-0.05, 0) is 0 Å². The largest absolute Gasteiger partial charge is 0.387 e. The van der Waals surface area contributed by atoms with Crippen LogP contribution in [0.1, 0.15) is 13.8 Å². The number of hydrogen-bond acceptors (Lipinski definition) is 8. The second-order valence-electron chi connectivity index (χ2n) is 6.53. The van der Waals surface area contributed by atoms with Gasteiger partial charge in [-0.25, -0.2) is 4.39 Å². The summed E-state index contributed by atoms with van der Waals surface area (Å²) in [4.78, 5) is 22.1. The molecule has 0 aliphatic carbocycles. The number of alkyl halides is 1. The van der Waals surface area contributed by atoms with Crippen molar-refractivity contribution >= 4 is 11.8 Å². The summed E-state index contributed by atoms with van der Waals surface area (Å²) in [6, 6.07) is 0. The number of nitrogens with one attached hydrogen (secondary N) is 2. The molecule has 1 radical (unpaired) electrons. The molecule has 183 valence electrons. The molecule has 3 N–H and O–H groups in total. The van der Waals surface area contributed by atoms with E-state index in [1.165, 1.54) is 0 Å². The fourth-order valence-electron chi connectivity index (χ4n) is 1.88. The Morgan fingerprint density at radius 1 is 0.806 bits per heavy atom. The summed E-state index contributed by atoms with van der Waals surface area (Å²) in [5, 5.41) is 13.5. The van der Waals surface area contributed by atoms with Gasteiger partial charge in [0.15, 0.2) is 0 Å². The second kappa shape index (κ2) is 23.9. The molecule has 0 aromatic heterocycles. The Bertz CT molecular complexity index is 436. The fraction of sp³-hybridized carbons (Fsp3) is 0.895. The molecular weight excluding hydrogens is 454 g/mol. The number of amides is 2. The Labute approximate surface area is 195 Å². The van der Waals surface area contributed by atoms with Crippen LogP contribution in [0.4, 0.5) is 4.39 Å². The van der Waals surface area contributed by atoms with Crippen molar-refractivity contribution < 1.29 is 61.3 Å². The van der Waals surface area contributed by atoms with Gasteiger partial charge in [-0.2, -0.15) is 0 Å². The minimum Gasteiger partial charge on any atom is -0.387 e. The van der Waals surface area contributed by atoms with E-state index in [0.29, 0.717) is 59.4 Å². The number of carbonyl (C=O) groups is 2.